The van der Waals surface area contributed by atoms with Crippen LogP contribution in [0.25, 0.3) is 0 Å². The number of aromatic nitrogens is 3. The molecule has 1 N–H and O–H groups in total. The highest BCUT2D eigenvalue weighted by atomic mass is 35.5. The third kappa shape index (κ3) is 5.10. The molecule has 5 nitrogen and oxygen atoms in total. The van der Waals surface area contributed by atoms with Gasteiger partial charge in [-0.05, 0) is 55.2 Å². The molecule has 0 spiro atoms. The monoisotopic (exact) mass is 385 g/mol. The quantitative estimate of drug-likeness (QED) is 0.806. The summed E-state index contributed by atoms with van der Waals surface area (Å²) >= 11 is 6.19. The van der Waals surface area contributed by atoms with E-state index in [1.165, 1.54) is 37.7 Å². The predicted octanol–water partition coefficient (Wildman–Crippen LogP) is 4.73. The van der Waals surface area contributed by atoms with Gasteiger partial charge in [-0.1, -0.05) is 49.6 Å². The van der Waals surface area contributed by atoms with E-state index in [1.807, 2.05) is 0 Å². The van der Waals surface area contributed by atoms with Gasteiger partial charge in [0.2, 0.25) is 17.2 Å². The van der Waals surface area contributed by atoms with E-state index in [9.17, 15) is 0 Å². The van der Waals surface area contributed by atoms with Crippen molar-refractivity contribution in [2.45, 2.75) is 57.4 Å². The molecule has 1 saturated carbocycles. The molecule has 1 aromatic carbocycles. The maximum atomic E-state index is 6.19. The first-order valence-electron chi connectivity index (χ1n) is 10.2. The Morgan fingerprint density at radius 1 is 0.926 bits per heavy atom. The lowest BCUT2D eigenvalue weighted by atomic mass is 9.90. The van der Waals surface area contributed by atoms with E-state index >= 15 is 0 Å². The van der Waals surface area contributed by atoms with Crippen LogP contribution in [0.3, 0.4) is 0 Å². The number of hydrogen-bond donors (Lipinski definition) is 1. The molecule has 6 heteroatoms. The van der Waals surface area contributed by atoms with Crippen LogP contribution in [0.15, 0.2) is 30.3 Å². The zero-order valence-electron chi connectivity index (χ0n) is 15.8. The fraction of sp³-hybridized carbons (Fsp3) is 0.571. The van der Waals surface area contributed by atoms with Gasteiger partial charge in [-0.2, -0.15) is 15.0 Å². The summed E-state index contributed by atoms with van der Waals surface area (Å²) in [5, 5.41) is 3.75. The van der Waals surface area contributed by atoms with E-state index in [4.69, 9.17) is 11.6 Å². The van der Waals surface area contributed by atoms with Gasteiger partial charge in [0.05, 0.1) is 0 Å². The molecule has 0 radical (unpaired) electrons. The Balaban J connectivity index is 1.36. The fourth-order valence-corrected chi connectivity index (χ4v) is 4.42. The van der Waals surface area contributed by atoms with Crippen molar-refractivity contribution in [2.24, 2.45) is 5.92 Å². The number of benzene rings is 1. The van der Waals surface area contributed by atoms with E-state index in [0.29, 0.717) is 17.9 Å². The van der Waals surface area contributed by atoms with Gasteiger partial charge >= 0.3 is 0 Å². The Hall–Kier alpha value is -1.88. The smallest absolute Gasteiger partial charge is 0.231 e. The molecule has 1 aromatic heterocycles. The maximum Gasteiger partial charge on any atom is 0.231 e. The third-order valence-corrected chi connectivity index (χ3v) is 5.97. The Labute approximate surface area is 166 Å². The summed E-state index contributed by atoms with van der Waals surface area (Å²) in [4.78, 5) is 15.6. The summed E-state index contributed by atoms with van der Waals surface area (Å²) in [6, 6.07) is 11.2. The predicted molar refractivity (Wildman–Crippen MR) is 110 cm³/mol. The zero-order valence-corrected chi connectivity index (χ0v) is 16.5. The summed E-state index contributed by atoms with van der Waals surface area (Å²) in [7, 11) is 0. The van der Waals surface area contributed by atoms with Crippen LogP contribution in [-0.4, -0.2) is 34.1 Å². The molecule has 0 unspecified atom stereocenters. The Morgan fingerprint density at radius 2 is 1.67 bits per heavy atom. The van der Waals surface area contributed by atoms with Crippen LogP contribution >= 0.6 is 11.6 Å². The molecule has 4 rings (SSSR count). The van der Waals surface area contributed by atoms with Crippen molar-refractivity contribution >= 4 is 23.5 Å². The lowest BCUT2D eigenvalue weighted by molar-refractivity contribution is 0.400. The summed E-state index contributed by atoms with van der Waals surface area (Å²) in [5.74, 6) is 2.07. The number of nitrogens with one attached hydrogen (secondary N) is 1. The maximum absolute atomic E-state index is 6.19. The van der Waals surface area contributed by atoms with E-state index in [2.05, 4.69) is 55.5 Å². The molecule has 1 saturated heterocycles. The molecule has 2 aromatic rings. The van der Waals surface area contributed by atoms with Crippen LogP contribution in [0.1, 0.15) is 50.5 Å². The van der Waals surface area contributed by atoms with E-state index in [0.717, 1.165) is 38.3 Å². The lowest BCUT2D eigenvalue weighted by Crippen LogP contribution is -2.36. The second-order valence-corrected chi connectivity index (χ2v) is 8.17. The molecule has 144 valence electrons. The number of hydrogen-bond acceptors (Lipinski definition) is 5. The topological polar surface area (TPSA) is 53.9 Å². The van der Waals surface area contributed by atoms with Crippen LogP contribution in [0.2, 0.25) is 5.28 Å². The van der Waals surface area contributed by atoms with Crippen molar-refractivity contribution in [3.05, 3.63) is 41.2 Å². The van der Waals surface area contributed by atoms with Gasteiger partial charge in [0, 0.05) is 19.1 Å². The van der Waals surface area contributed by atoms with E-state index in [1.54, 1.807) is 0 Å². The van der Waals surface area contributed by atoms with Gasteiger partial charge < -0.3 is 10.2 Å². The first-order chi connectivity index (χ1) is 13.3. The first kappa shape index (κ1) is 18.5. The standard InChI is InChI=1S/C21H28ClN5/c22-19-24-20(23-18-9-5-2-6-10-18)26-21(25-19)27-13-11-17(12-14-27)15-16-7-3-1-4-8-16/h1,3-4,7-8,17-18H,2,5-6,9-15H2,(H,23,24,25,26). The van der Waals surface area contributed by atoms with Crippen molar-refractivity contribution in [1.82, 2.24) is 15.0 Å². The summed E-state index contributed by atoms with van der Waals surface area (Å²) in [5.41, 5.74) is 1.43. The van der Waals surface area contributed by atoms with Crippen LogP contribution in [0, 0.1) is 5.92 Å². The molecule has 27 heavy (non-hydrogen) atoms. The van der Waals surface area contributed by atoms with Gasteiger partial charge in [-0.25, -0.2) is 0 Å². The fourth-order valence-electron chi connectivity index (χ4n) is 4.26. The van der Waals surface area contributed by atoms with Gasteiger partial charge in [0.1, 0.15) is 0 Å². The van der Waals surface area contributed by atoms with Crippen LogP contribution in [0.4, 0.5) is 11.9 Å². The molecule has 1 aliphatic carbocycles. The van der Waals surface area contributed by atoms with Crippen LogP contribution < -0.4 is 10.2 Å². The average Bonchev–Trinajstić information content (AvgIpc) is 2.70. The highest BCUT2D eigenvalue weighted by Gasteiger charge is 2.23. The molecular formula is C21H28ClN5. The molecular weight excluding hydrogens is 358 g/mol. The molecule has 0 bridgehead atoms. The molecule has 2 heterocycles. The number of nitrogens with zero attached hydrogens (tertiary/aromatic N) is 4. The van der Waals surface area contributed by atoms with Crippen molar-refractivity contribution in [1.29, 1.82) is 0 Å². The van der Waals surface area contributed by atoms with Gasteiger partial charge in [0.15, 0.2) is 0 Å². The van der Waals surface area contributed by atoms with Crippen LogP contribution in [-0.2, 0) is 6.42 Å². The van der Waals surface area contributed by atoms with Gasteiger partial charge in [-0.3, -0.25) is 0 Å². The lowest BCUT2D eigenvalue weighted by Gasteiger charge is -2.32. The minimum atomic E-state index is 0.282. The molecule has 1 aliphatic heterocycles. The van der Waals surface area contributed by atoms with Crippen molar-refractivity contribution in [3.8, 4) is 0 Å². The highest BCUT2D eigenvalue weighted by molar-refractivity contribution is 6.28. The van der Waals surface area contributed by atoms with Crippen LogP contribution in [0.5, 0.6) is 0 Å². The Bertz CT molecular complexity index is 725. The second kappa shape index (κ2) is 8.87. The highest BCUT2D eigenvalue weighted by Crippen LogP contribution is 2.26. The number of rotatable bonds is 5. The largest absolute Gasteiger partial charge is 0.351 e. The molecule has 2 aliphatic rings. The van der Waals surface area contributed by atoms with Gasteiger partial charge in [-0.15, -0.1) is 0 Å². The summed E-state index contributed by atoms with van der Waals surface area (Å²) in [6.07, 6.45) is 9.72. The van der Waals surface area contributed by atoms with Crippen molar-refractivity contribution in [3.63, 3.8) is 0 Å². The minimum absolute atomic E-state index is 0.282. The van der Waals surface area contributed by atoms with Crippen molar-refractivity contribution < 1.29 is 0 Å². The van der Waals surface area contributed by atoms with Crippen molar-refractivity contribution in [2.75, 3.05) is 23.3 Å². The third-order valence-electron chi connectivity index (χ3n) is 5.80. The second-order valence-electron chi connectivity index (χ2n) is 7.83. The Kier molecular flexibility index (Phi) is 6.07. The number of piperidine rings is 1. The Morgan fingerprint density at radius 3 is 2.41 bits per heavy atom. The molecule has 0 atom stereocenters. The molecule has 0 amide bonds. The zero-order chi connectivity index (χ0) is 18.5. The molecule has 2 fully saturated rings. The summed E-state index contributed by atoms with van der Waals surface area (Å²) < 4.78 is 0. The van der Waals surface area contributed by atoms with E-state index in [-0.39, 0.29) is 5.28 Å². The number of halogens is 1. The summed E-state index contributed by atoms with van der Waals surface area (Å²) in [6.45, 7) is 1.95. The minimum Gasteiger partial charge on any atom is -0.351 e. The normalized spacial score (nSPS) is 19.2. The van der Waals surface area contributed by atoms with Gasteiger partial charge in [0.25, 0.3) is 0 Å². The SMILES string of the molecule is Clc1nc(NC2CCCCC2)nc(N2CCC(Cc3ccccc3)CC2)n1. The van der Waals surface area contributed by atoms with E-state index < -0.39 is 0 Å². The first-order valence-corrected chi connectivity index (χ1v) is 10.6. The number of anilines is 2. The average molecular weight is 386 g/mol.